The molecule has 0 aromatic rings. The number of likely N-dealkylation sites (tertiary alicyclic amines) is 1. The number of hydrogen-bond donors (Lipinski definition) is 2. The molecule has 0 spiro atoms. The zero-order valence-electron chi connectivity index (χ0n) is 17.0. The Morgan fingerprint density at radius 3 is 2.81 bits per heavy atom. The number of aliphatic imine (C=N–C) groups is 1. The van der Waals surface area contributed by atoms with Gasteiger partial charge in [0.05, 0.1) is 0 Å². The number of hydrogen-bond acceptors (Lipinski definition) is 4. The molecule has 2 aliphatic rings. The highest BCUT2D eigenvalue weighted by molar-refractivity contribution is 5.79. The Morgan fingerprint density at radius 2 is 2.04 bits per heavy atom. The molecule has 6 heteroatoms. The van der Waals surface area contributed by atoms with Gasteiger partial charge in [0.2, 0.25) is 0 Å². The third-order valence-corrected chi connectivity index (χ3v) is 5.39. The molecule has 2 N–H and O–H groups in total. The van der Waals surface area contributed by atoms with Crippen LogP contribution in [0.3, 0.4) is 0 Å². The van der Waals surface area contributed by atoms with Gasteiger partial charge in [-0.25, -0.2) is 0 Å². The van der Waals surface area contributed by atoms with Crippen molar-refractivity contribution in [3.05, 3.63) is 0 Å². The van der Waals surface area contributed by atoms with Gasteiger partial charge in [0.1, 0.15) is 0 Å². The normalized spacial score (nSPS) is 23.2. The lowest BCUT2D eigenvalue weighted by Gasteiger charge is -2.33. The van der Waals surface area contributed by atoms with E-state index in [-0.39, 0.29) is 0 Å². The average molecular weight is 369 g/mol. The van der Waals surface area contributed by atoms with Crippen LogP contribution in [0.15, 0.2) is 4.99 Å². The summed E-state index contributed by atoms with van der Waals surface area (Å²) >= 11 is 0. The van der Waals surface area contributed by atoms with Crippen LogP contribution < -0.4 is 10.6 Å². The monoisotopic (exact) mass is 368 g/mol. The third-order valence-electron chi connectivity index (χ3n) is 5.39. The summed E-state index contributed by atoms with van der Waals surface area (Å²) in [5.74, 6) is 1.62. The molecule has 0 aliphatic carbocycles. The maximum absolute atomic E-state index is 5.81. The second kappa shape index (κ2) is 13.3. The molecule has 0 bridgehead atoms. The Balaban J connectivity index is 1.55. The number of ether oxygens (including phenoxy) is 2. The van der Waals surface area contributed by atoms with E-state index in [2.05, 4.69) is 34.4 Å². The molecule has 2 fully saturated rings. The lowest BCUT2D eigenvalue weighted by molar-refractivity contribution is 0.0205. The molecule has 26 heavy (non-hydrogen) atoms. The molecule has 2 heterocycles. The van der Waals surface area contributed by atoms with Gasteiger partial charge >= 0.3 is 0 Å². The van der Waals surface area contributed by atoms with E-state index in [9.17, 15) is 0 Å². The zero-order chi connectivity index (χ0) is 18.5. The second-order valence-electron chi connectivity index (χ2n) is 7.55. The highest BCUT2D eigenvalue weighted by Crippen LogP contribution is 2.15. The Hall–Kier alpha value is -0.850. The summed E-state index contributed by atoms with van der Waals surface area (Å²) < 4.78 is 11.2. The van der Waals surface area contributed by atoms with Crippen LogP contribution in [0, 0.1) is 5.92 Å². The molecule has 0 saturated carbocycles. The van der Waals surface area contributed by atoms with Gasteiger partial charge in [0, 0.05) is 58.6 Å². The number of nitrogens with zero attached hydrogens (tertiary/aromatic N) is 2. The minimum Gasteiger partial charge on any atom is -0.381 e. The SMILES string of the molecule is CCNC(=NCCCOCC1CCOCC1)NCCN1CCCCC1C. The molecular weight excluding hydrogens is 328 g/mol. The van der Waals surface area contributed by atoms with Gasteiger partial charge in [-0.1, -0.05) is 6.42 Å². The predicted octanol–water partition coefficient (Wildman–Crippen LogP) is 2.25. The Kier molecular flexibility index (Phi) is 11.0. The highest BCUT2D eigenvalue weighted by atomic mass is 16.5. The minimum atomic E-state index is 0.684. The number of piperidine rings is 1. The zero-order valence-corrected chi connectivity index (χ0v) is 17.0. The first-order valence-corrected chi connectivity index (χ1v) is 10.7. The molecule has 6 nitrogen and oxygen atoms in total. The first-order valence-electron chi connectivity index (χ1n) is 10.7. The van der Waals surface area contributed by atoms with Crippen molar-refractivity contribution in [1.82, 2.24) is 15.5 Å². The highest BCUT2D eigenvalue weighted by Gasteiger charge is 2.17. The van der Waals surface area contributed by atoms with Gasteiger partial charge in [-0.2, -0.15) is 0 Å². The van der Waals surface area contributed by atoms with Crippen molar-refractivity contribution in [2.45, 2.75) is 58.4 Å². The first kappa shape index (κ1) is 21.5. The van der Waals surface area contributed by atoms with Gasteiger partial charge < -0.3 is 20.1 Å². The molecule has 0 radical (unpaired) electrons. The fraction of sp³-hybridized carbons (Fsp3) is 0.950. The lowest BCUT2D eigenvalue weighted by Crippen LogP contribution is -2.45. The van der Waals surface area contributed by atoms with E-state index in [1.165, 1.54) is 25.8 Å². The van der Waals surface area contributed by atoms with Crippen LogP contribution in [0.4, 0.5) is 0 Å². The van der Waals surface area contributed by atoms with Crippen molar-refractivity contribution >= 4 is 5.96 Å². The Bertz CT molecular complexity index is 386. The van der Waals surface area contributed by atoms with Crippen LogP contribution in [-0.4, -0.2) is 76.1 Å². The van der Waals surface area contributed by atoms with Crippen molar-refractivity contribution < 1.29 is 9.47 Å². The van der Waals surface area contributed by atoms with Crippen LogP contribution >= 0.6 is 0 Å². The molecule has 0 aromatic carbocycles. The maximum Gasteiger partial charge on any atom is 0.191 e. The standard InChI is InChI=1S/C20H40N4O2/c1-3-21-20(23-11-13-24-12-5-4-7-18(24)2)22-10-6-14-26-17-19-8-15-25-16-9-19/h18-19H,3-17H2,1-2H3,(H2,21,22,23). The van der Waals surface area contributed by atoms with Crippen molar-refractivity contribution in [2.24, 2.45) is 10.9 Å². The molecule has 1 atom stereocenters. The fourth-order valence-electron chi connectivity index (χ4n) is 3.67. The molecule has 0 amide bonds. The van der Waals surface area contributed by atoms with Crippen LogP contribution in [-0.2, 0) is 9.47 Å². The van der Waals surface area contributed by atoms with E-state index < -0.39 is 0 Å². The minimum absolute atomic E-state index is 0.684. The van der Waals surface area contributed by atoms with Gasteiger partial charge in [0.25, 0.3) is 0 Å². The average Bonchev–Trinajstić information content (AvgIpc) is 2.67. The summed E-state index contributed by atoms with van der Waals surface area (Å²) in [7, 11) is 0. The van der Waals surface area contributed by atoms with Crippen molar-refractivity contribution in [2.75, 3.05) is 59.2 Å². The van der Waals surface area contributed by atoms with Crippen molar-refractivity contribution in [3.63, 3.8) is 0 Å². The van der Waals surface area contributed by atoms with Gasteiger partial charge in [-0.15, -0.1) is 0 Å². The van der Waals surface area contributed by atoms with Crippen molar-refractivity contribution in [3.8, 4) is 0 Å². The molecule has 152 valence electrons. The van der Waals surface area contributed by atoms with Gasteiger partial charge in [0.15, 0.2) is 5.96 Å². The van der Waals surface area contributed by atoms with Crippen LogP contribution in [0.1, 0.15) is 52.4 Å². The smallest absolute Gasteiger partial charge is 0.191 e. The molecule has 2 rings (SSSR count). The number of rotatable bonds is 10. The summed E-state index contributed by atoms with van der Waals surface area (Å²) in [5.41, 5.74) is 0. The quantitative estimate of drug-likeness (QED) is 0.352. The number of nitrogens with one attached hydrogen (secondary N) is 2. The van der Waals surface area contributed by atoms with Gasteiger partial charge in [-0.05, 0) is 58.4 Å². The molecule has 2 aliphatic heterocycles. The predicted molar refractivity (Wildman–Crippen MR) is 108 cm³/mol. The van der Waals surface area contributed by atoms with Crippen molar-refractivity contribution in [1.29, 1.82) is 0 Å². The Labute approximate surface area is 160 Å². The first-order chi connectivity index (χ1) is 12.8. The molecule has 1 unspecified atom stereocenters. The van der Waals surface area contributed by atoms with E-state index in [1.54, 1.807) is 0 Å². The van der Waals surface area contributed by atoms with Gasteiger partial charge in [-0.3, -0.25) is 9.89 Å². The summed E-state index contributed by atoms with van der Waals surface area (Å²) in [4.78, 5) is 7.26. The third kappa shape index (κ3) is 8.69. The summed E-state index contributed by atoms with van der Waals surface area (Å²) in [6.45, 7) is 12.9. The molecular formula is C20H40N4O2. The van der Waals surface area contributed by atoms with E-state index in [4.69, 9.17) is 9.47 Å². The van der Waals surface area contributed by atoms with E-state index >= 15 is 0 Å². The molecule has 2 saturated heterocycles. The molecule has 0 aromatic heterocycles. The summed E-state index contributed by atoms with van der Waals surface area (Å²) in [6.07, 6.45) is 7.31. The fourth-order valence-corrected chi connectivity index (χ4v) is 3.67. The lowest BCUT2D eigenvalue weighted by atomic mass is 10.0. The summed E-state index contributed by atoms with van der Waals surface area (Å²) in [6, 6.07) is 0.720. The van der Waals surface area contributed by atoms with E-state index in [1.807, 2.05) is 0 Å². The summed E-state index contributed by atoms with van der Waals surface area (Å²) in [5, 5.41) is 6.81. The number of guanidine groups is 1. The van der Waals surface area contributed by atoms with Crippen LogP contribution in [0.25, 0.3) is 0 Å². The maximum atomic E-state index is 5.81. The Morgan fingerprint density at radius 1 is 1.19 bits per heavy atom. The van der Waals surface area contributed by atoms with Crippen LogP contribution in [0.2, 0.25) is 0 Å². The largest absolute Gasteiger partial charge is 0.381 e. The van der Waals surface area contributed by atoms with E-state index in [0.29, 0.717) is 5.92 Å². The van der Waals surface area contributed by atoms with E-state index in [0.717, 1.165) is 83.9 Å². The van der Waals surface area contributed by atoms with Crippen LogP contribution in [0.5, 0.6) is 0 Å². The second-order valence-corrected chi connectivity index (χ2v) is 7.55. The topological polar surface area (TPSA) is 58.1 Å².